The lowest BCUT2D eigenvalue weighted by atomic mass is 10.2. The number of aromatic amines is 1. The Balaban J connectivity index is 1.49. The largest absolute Gasteiger partial charge is 0.292 e. The molecule has 24 heavy (non-hydrogen) atoms. The number of nitrogens with zero attached hydrogens (tertiary/aromatic N) is 3. The molecule has 122 valence electrons. The summed E-state index contributed by atoms with van der Waals surface area (Å²) < 4.78 is 0. The van der Waals surface area contributed by atoms with Gasteiger partial charge in [-0.3, -0.25) is 20.2 Å². The van der Waals surface area contributed by atoms with Crippen molar-refractivity contribution in [1.29, 1.82) is 0 Å². The van der Waals surface area contributed by atoms with Gasteiger partial charge < -0.3 is 0 Å². The first-order chi connectivity index (χ1) is 11.7. The molecule has 1 amide bonds. The van der Waals surface area contributed by atoms with E-state index in [1.165, 1.54) is 11.8 Å². The molecule has 8 heteroatoms. The van der Waals surface area contributed by atoms with Gasteiger partial charge in [0.1, 0.15) is 5.69 Å². The van der Waals surface area contributed by atoms with Crippen LogP contribution in [0.15, 0.2) is 48.7 Å². The Hall–Kier alpha value is -2.38. The molecule has 2 heterocycles. The second kappa shape index (κ2) is 7.94. The van der Waals surface area contributed by atoms with E-state index >= 15 is 0 Å². The van der Waals surface area contributed by atoms with Gasteiger partial charge in [0.2, 0.25) is 11.9 Å². The number of anilines is 1. The molecule has 0 aliphatic carbocycles. The van der Waals surface area contributed by atoms with Gasteiger partial charge in [0.25, 0.3) is 0 Å². The number of hydrogen-bond donors (Lipinski definition) is 2. The summed E-state index contributed by atoms with van der Waals surface area (Å²) in [5, 5.41) is 10.1. The highest BCUT2D eigenvalue weighted by Crippen LogP contribution is 2.17. The van der Waals surface area contributed by atoms with Crippen molar-refractivity contribution in [1.82, 2.24) is 20.2 Å². The Morgan fingerprint density at radius 2 is 2.17 bits per heavy atom. The molecule has 0 saturated heterocycles. The van der Waals surface area contributed by atoms with E-state index in [1.54, 1.807) is 6.20 Å². The molecule has 0 spiro atoms. The van der Waals surface area contributed by atoms with Crippen molar-refractivity contribution in [3.63, 3.8) is 0 Å². The number of carbonyl (C=O) groups is 1. The Kier molecular flexibility index (Phi) is 5.45. The van der Waals surface area contributed by atoms with E-state index in [0.29, 0.717) is 28.0 Å². The summed E-state index contributed by atoms with van der Waals surface area (Å²) in [6.07, 6.45) is 1.67. The maximum atomic E-state index is 11.9. The predicted molar refractivity (Wildman–Crippen MR) is 95.9 cm³/mol. The van der Waals surface area contributed by atoms with Gasteiger partial charge in [-0.2, -0.15) is 4.98 Å². The van der Waals surface area contributed by atoms with Gasteiger partial charge in [-0.15, -0.1) is 16.9 Å². The molecule has 1 aromatic carbocycles. The van der Waals surface area contributed by atoms with Crippen LogP contribution in [0.1, 0.15) is 5.56 Å². The third kappa shape index (κ3) is 4.56. The van der Waals surface area contributed by atoms with Gasteiger partial charge in [-0.1, -0.05) is 29.8 Å². The van der Waals surface area contributed by atoms with Crippen LogP contribution in [-0.2, 0) is 10.5 Å². The average molecular weight is 360 g/mol. The second-order valence-corrected chi connectivity index (χ2v) is 6.32. The molecule has 2 N–H and O–H groups in total. The van der Waals surface area contributed by atoms with Gasteiger partial charge in [-0.05, 0) is 29.8 Å². The van der Waals surface area contributed by atoms with Crippen LogP contribution in [0.2, 0.25) is 5.02 Å². The molecule has 0 aliphatic rings. The molecule has 0 fully saturated rings. The summed E-state index contributed by atoms with van der Waals surface area (Å²) >= 11 is 7.43. The van der Waals surface area contributed by atoms with E-state index in [2.05, 4.69) is 25.5 Å². The SMILES string of the molecule is O=C(CSCc1cccc(Cl)c1)Nc1n[nH]c(-c2ccccn2)n1. The number of thioether (sulfide) groups is 1. The molecule has 0 bridgehead atoms. The van der Waals surface area contributed by atoms with Crippen LogP contribution in [0, 0.1) is 0 Å². The second-order valence-electron chi connectivity index (χ2n) is 4.89. The topological polar surface area (TPSA) is 83.6 Å². The quantitative estimate of drug-likeness (QED) is 0.704. The fourth-order valence-corrected chi connectivity index (χ4v) is 2.97. The van der Waals surface area contributed by atoms with Crippen molar-refractivity contribution in [3.05, 3.63) is 59.2 Å². The highest BCUT2D eigenvalue weighted by atomic mass is 35.5. The monoisotopic (exact) mass is 359 g/mol. The molecule has 3 rings (SSSR count). The molecular weight excluding hydrogens is 346 g/mol. The summed E-state index contributed by atoms with van der Waals surface area (Å²) in [5.41, 5.74) is 1.75. The van der Waals surface area contributed by atoms with Crippen molar-refractivity contribution in [3.8, 4) is 11.5 Å². The molecule has 0 aliphatic heterocycles. The zero-order valence-corrected chi connectivity index (χ0v) is 14.1. The maximum absolute atomic E-state index is 11.9. The van der Waals surface area contributed by atoms with Crippen molar-refractivity contribution < 1.29 is 4.79 Å². The number of halogens is 1. The molecule has 6 nitrogen and oxygen atoms in total. The standard InChI is InChI=1S/C16H14ClN5OS/c17-12-5-3-4-11(8-12)9-24-10-14(23)19-16-20-15(21-22-16)13-6-1-2-7-18-13/h1-8H,9-10H2,(H2,19,20,21,22,23). The van der Waals surface area contributed by atoms with Crippen LogP contribution >= 0.6 is 23.4 Å². The minimum atomic E-state index is -0.159. The summed E-state index contributed by atoms with van der Waals surface area (Å²) in [7, 11) is 0. The van der Waals surface area contributed by atoms with Gasteiger partial charge >= 0.3 is 0 Å². The minimum absolute atomic E-state index is 0.159. The lowest BCUT2D eigenvalue weighted by Crippen LogP contribution is -2.15. The van der Waals surface area contributed by atoms with E-state index in [-0.39, 0.29) is 11.9 Å². The van der Waals surface area contributed by atoms with Crippen LogP contribution in [0.4, 0.5) is 5.95 Å². The number of nitrogens with one attached hydrogen (secondary N) is 2. The van der Waals surface area contributed by atoms with Gasteiger partial charge in [0.15, 0.2) is 5.82 Å². The predicted octanol–water partition coefficient (Wildman–Crippen LogP) is 3.39. The van der Waals surface area contributed by atoms with Crippen molar-refractivity contribution in [2.45, 2.75) is 5.75 Å². The highest BCUT2D eigenvalue weighted by molar-refractivity contribution is 7.99. The molecule has 2 aromatic heterocycles. The first kappa shape index (κ1) is 16.5. The van der Waals surface area contributed by atoms with Crippen LogP contribution in [-0.4, -0.2) is 31.8 Å². The van der Waals surface area contributed by atoms with E-state index in [0.717, 1.165) is 5.56 Å². The van der Waals surface area contributed by atoms with Crippen molar-refractivity contribution in [2.75, 3.05) is 11.1 Å². The zero-order chi connectivity index (χ0) is 16.8. The van der Waals surface area contributed by atoms with Gasteiger partial charge in [0, 0.05) is 17.0 Å². The first-order valence-electron chi connectivity index (χ1n) is 7.16. The third-order valence-electron chi connectivity index (χ3n) is 3.04. The third-order valence-corrected chi connectivity index (χ3v) is 4.27. The Labute approximate surface area is 148 Å². The Morgan fingerprint density at radius 3 is 2.96 bits per heavy atom. The number of amides is 1. The maximum Gasteiger partial charge on any atom is 0.249 e. The van der Waals surface area contributed by atoms with E-state index < -0.39 is 0 Å². The van der Waals surface area contributed by atoms with Gasteiger partial charge in [0.05, 0.1) is 5.75 Å². The minimum Gasteiger partial charge on any atom is -0.292 e. The van der Waals surface area contributed by atoms with E-state index in [1.807, 2.05) is 42.5 Å². The summed E-state index contributed by atoms with van der Waals surface area (Å²) in [6, 6.07) is 13.1. The normalized spacial score (nSPS) is 10.5. The number of benzene rings is 1. The van der Waals surface area contributed by atoms with Crippen molar-refractivity contribution in [2.24, 2.45) is 0 Å². The lowest BCUT2D eigenvalue weighted by molar-refractivity contribution is -0.113. The van der Waals surface area contributed by atoms with Crippen LogP contribution in [0.25, 0.3) is 11.5 Å². The fourth-order valence-electron chi connectivity index (χ4n) is 1.98. The number of hydrogen-bond acceptors (Lipinski definition) is 5. The first-order valence-corrected chi connectivity index (χ1v) is 8.70. The molecule has 3 aromatic rings. The number of H-pyrrole nitrogens is 1. The molecule has 0 radical (unpaired) electrons. The van der Waals surface area contributed by atoms with E-state index in [4.69, 9.17) is 11.6 Å². The number of pyridine rings is 1. The van der Waals surface area contributed by atoms with Crippen molar-refractivity contribution >= 4 is 35.2 Å². The molecule has 0 saturated carbocycles. The molecule has 0 atom stereocenters. The lowest BCUT2D eigenvalue weighted by Gasteiger charge is -2.02. The zero-order valence-electron chi connectivity index (χ0n) is 12.6. The summed E-state index contributed by atoms with van der Waals surface area (Å²) in [6.45, 7) is 0. The van der Waals surface area contributed by atoms with Gasteiger partial charge in [-0.25, -0.2) is 0 Å². The fraction of sp³-hybridized carbons (Fsp3) is 0.125. The van der Waals surface area contributed by atoms with Crippen LogP contribution in [0.5, 0.6) is 0 Å². The van der Waals surface area contributed by atoms with Crippen LogP contribution < -0.4 is 5.32 Å². The summed E-state index contributed by atoms with van der Waals surface area (Å²) in [5.74, 6) is 1.61. The van der Waals surface area contributed by atoms with E-state index in [9.17, 15) is 4.79 Å². The Bertz CT molecular complexity index is 824. The highest BCUT2D eigenvalue weighted by Gasteiger charge is 2.09. The average Bonchev–Trinajstić information content (AvgIpc) is 3.04. The van der Waals surface area contributed by atoms with Crippen LogP contribution in [0.3, 0.4) is 0 Å². The summed E-state index contributed by atoms with van der Waals surface area (Å²) in [4.78, 5) is 20.3. The number of carbonyl (C=O) groups excluding carboxylic acids is 1. The smallest absolute Gasteiger partial charge is 0.249 e. The number of aromatic nitrogens is 4. The molecule has 0 unspecified atom stereocenters. The Morgan fingerprint density at radius 1 is 1.25 bits per heavy atom. The molecular formula is C16H14ClN5OS. The number of rotatable bonds is 6.